The number of hydrogen-bond acceptors (Lipinski definition) is 4. The van der Waals surface area contributed by atoms with Crippen LogP contribution in [-0.4, -0.2) is 62.1 Å². The minimum absolute atomic E-state index is 0.00209. The number of hydrogen-bond donors (Lipinski definition) is 1. The van der Waals surface area contributed by atoms with E-state index in [1.54, 1.807) is 0 Å². The van der Waals surface area contributed by atoms with Gasteiger partial charge in [0.1, 0.15) is 6.54 Å². The molecule has 1 aliphatic rings. The molecule has 1 N–H and O–H groups in total. The third-order valence-electron chi connectivity index (χ3n) is 5.57. The molecule has 2 unspecified atom stereocenters. The molecule has 2 aromatic carbocycles. The van der Waals surface area contributed by atoms with Crippen LogP contribution in [-0.2, 0) is 19.9 Å². The Bertz CT molecular complexity index is 803. The minimum Gasteiger partial charge on any atom is -0.453 e. The number of carbonyl (C=O) groups excluding carboxylic acids is 1. The monoisotopic (exact) mass is 398 g/mol. The Hall–Kier alpha value is -2.21. The van der Waals surface area contributed by atoms with Gasteiger partial charge in [-0.3, -0.25) is 0 Å². The van der Waals surface area contributed by atoms with Gasteiger partial charge in [0.25, 0.3) is 0 Å². The smallest absolute Gasteiger partial charge is 0.348 e. The number of quaternary nitrogens is 1. The first-order valence-corrected chi connectivity index (χ1v) is 10.3. The van der Waals surface area contributed by atoms with Gasteiger partial charge in [-0.2, -0.15) is 0 Å². The second-order valence-corrected chi connectivity index (χ2v) is 8.50. The zero-order chi connectivity index (χ0) is 20.9. The zero-order valence-electron chi connectivity index (χ0n) is 17.6. The van der Waals surface area contributed by atoms with Crippen molar-refractivity contribution in [2.45, 2.75) is 31.5 Å². The maximum absolute atomic E-state index is 13.7. The highest BCUT2D eigenvalue weighted by Crippen LogP contribution is 2.37. The summed E-state index contributed by atoms with van der Waals surface area (Å²) in [7, 11) is 4.30. The molecule has 0 aromatic heterocycles. The number of aliphatic hydroxyl groups excluding tert-OH is 1. The summed E-state index contributed by atoms with van der Waals surface area (Å²) < 4.78 is 13.1. The number of carbonyl (C=O) groups is 1. The second kappa shape index (κ2) is 9.08. The Balaban J connectivity index is 2.02. The summed E-state index contributed by atoms with van der Waals surface area (Å²) in [5.74, 6) is -0.391. The Kier molecular flexibility index (Phi) is 6.73. The molecule has 3 rings (SSSR count). The Morgan fingerprint density at radius 2 is 1.76 bits per heavy atom. The van der Waals surface area contributed by atoms with E-state index in [1.165, 1.54) is 0 Å². The highest BCUT2D eigenvalue weighted by molar-refractivity contribution is 5.86. The number of esters is 1. The molecular weight excluding hydrogens is 366 g/mol. The van der Waals surface area contributed by atoms with Crippen LogP contribution < -0.4 is 0 Å². The molecule has 1 fully saturated rings. The van der Waals surface area contributed by atoms with Crippen molar-refractivity contribution < 1.29 is 23.9 Å². The summed E-state index contributed by atoms with van der Waals surface area (Å²) in [6.45, 7) is 4.04. The normalized spacial score (nSPS) is 20.2. The summed E-state index contributed by atoms with van der Waals surface area (Å²) in [4.78, 5) is 13.7. The first-order chi connectivity index (χ1) is 13.9. The predicted molar refractivity (Wildman–Crippen MR) is 112 cm³/mol. The van der Waals surface area contributed by atoms with Gasteiger partial charge in [0.15, 0.2) is 6.10 Å². The molecule has 1 heterocycles. The summed E-state index contributed by atoms with van der Waals surface area (Å²) in [6, 6.07) is 17.3. The molecule has 29 heavy (non-hydrogen) atoms. The van der Waals surface area contributed by atoms with Crippen molar-refractivity contribution in [3.05, 3.63) is 71.3 Å². The molecule has 0 bridgehead atoms. The molecule has 0 radical (unpaired) electrons. The summed E-state index contributed by atoms with van der Waals surface area (Å²) >= 11 is 0. The van der Waals surface area contributed by atoms with E-state index in [1.807, 2.05) is 61.5 Å². The lowest BCUT2D eigenvalue weighted by molar-refractivity contribution is -0.879. The number of benzene rings is 2. The van der Waals surface area contributed by atoms with Crippen LogP contribution in [0.5, 0.6) is 0 Å². The van der Waals surface area contributed by atoms with Gasteiger partial charge in [0.05, 0.1) is 27.2 Å². The van der Waals surface area contributed by atoms with E-state index < -0.39 is 11.6 Å². The van der Waals surface area contributed by atoms with Crippen molar-refractivity contribution in [2.24, 2.45) is 0 Å². The molecule has 0 aliphatic carbocycles. The van der Waals surface area contributed by atoms with E-state index in [2.05, 4.69) is 14.1 Å². The first-order valence-electron chi connectivity index (χ1n) is 10.3. The van der Waals surface area contributed by atoms with Gasteiger partial charge >= 0.3 is 5.97 Å². The number of nitrogens with zero attached hydrogens (tertiary/aromatic N) is 1. The molecule has 0 saturated carbocycles. The van der Waals surface area contributed by atoms with Crippen molar-refractivity contribution in [1.29, 1.82) is 0 Å². The quantitative estimate of drug-likeness (QED) is 0.422. The topological polar surface area (TPSA) is 55.8 Å². The van der Waals surface area contributed by atoms with E-state index in [0.29, 0.717) is 6.42 Å². The second-order valence-electron chi connectivity index (χ2n) is 8.50. The Morgan fingerprint density at radius 3 is 2.34 bits per heavy atom. The van der Waals surface area contributed by atoms with E-state index in [-0.39, 0.29) is 19.3 Å². The minimum atomic E-state index is -1.36. The summed E-state index contributed by atoms with van der Waals surface area (Å²) in [6.07, 6.45) is 1.15. The molecular formula is C24H32NO4+. The molecule has 1 aliphatic heterocycles. The largest absolute Gasteiger partial charge is 0.453 e. The van der Waals surface area contributed by atoms with E-state index >= 15 is 0 Å². The van der Waals surface area contributed by atoms with Gasteiger partial charge in [0, 0.05) is 13.0 Å². The lowest BCUT2D eigenvalue weighted by Gasteiger charge is -2.34. The SMILES string of the molecule is Cc1ccc(C(OCCCO)(C(=O)OC2CC[N+](C)(C)C2)c2ccccc2)cc1. The van der Waals surface area contributed by atoms with Gasteiger partial charge in [-0.15, -0.1) is 0 Å². The maximum atomic E-state index is 13.7. The fourth-order valence-corrected chi connectivity index (χ4v) is 3.94. The molecule has 0 amide bonds. The van der Waals surface area contributed by atoms with Gasteiger partial charge in [-0.25, -0.2) is 4.79 Å². The van der Waals surface area contributed by atoms with Crippen LogP contribution in [0.4, 0.5) is 0 Å². The van der Waals surface area contributed by atoms with E-state index in [0.717, 1.165) is 40.7 Å². The fourth-order valence-electron chi connectivity index (χ4n) is 3.94. The Morgan fingerprint density at radius 1 is 1.10 bits per heavy atom. The molecule has 1 saturated heterocycles. The Labute approximate surface area is 173 Å². The van der Waals surface area contributed by atoms with Gasteiger partial charge in [-0.05, 0) is 24.5 Å². The van der Waals surface area contributed by atoms with Crippen LogP contribution in [0.15, 0.2) is 54.6 Å². The van der Waals surface area contributed by atoms with Gasteiger partial charge in [0.2, 0.25) is 5.60 Å². The maximum Gasteiger partial charge on any atom is 0.348 e. The predicted octanol–water partition coefficient (Wildman–Crippen LogP) is 3.03. The molecule has 156 valence electrons. The average Bonchev–Trinajstić information content (AvgIpc) is 3.05. The number of rotatable bonds is 8. The zero-order valence-corrected chi connectivity index (χ0v) is 17.6. The molecule has 0 spiro atoms. The number of aliphatic hydroxyl groups is 1. The molecule has 2 atom stereocenters. The van der Waals surface area contributed by atoms with Crippen LogP contribution in [0.2, 0.25) is 0 Å². The standard InChI is InChI=1S/C24H32NO4/c1-19-10-12-21(13-11-19)24(28-17-7-16-26,20-8-5-4-6-9-20)23(27)29-22-14-15-25(2,3)18-22/h4-6,8-13,22,26H,7,14-18H2,1-3H3/q+1. The number of likely N-dealkylation sites (N-methyl/N-ethyl adjacent to an activating group) is 1. The molecule has 5 heteroatoms. The van der Waals surface area contributed by atoms with Crippen molar-refractivity contribution in [2.75, 3.05) is 40.4 Å². The highest BCUT2D eigenvalue weighted by Gasteiger charge is 2.47. The van der Waals surface area contributed by atoms with Crippen LogP contribution in [0.3, 0.4) is 0 Å². The molecule has 2 aromatic rings. The number of aryl methyl sites for hydroxylation is 1. The molecule has 5 nitrogen and oxygen atoms in total. The first kappa shape index (κ1) is 21.5. The van der Waals surface area contributed by atoms with Gasteiger partial charge < -0.3 is 19.1 Å². The van der Waals surface area contributed by atoms with Crippen molar-refractivity contribution in [3.63, 3.8) is 0 Å². The third-order valence-corrected chi connectivity index (χ3v) is 5.57. The van der Waals surface area contributed by atoms with Gasteiger partial charge in [-0.1, -0.05) is 60.2 Å². The average molecular weight is 399 g/mol. The van der Waals surface area contributed by atoms with Crippen LogP contribution in [0.1, 0.15) is 29.5 Å². The highest BCUT2D eigenvalue weighted by atomic mass is 16.6. The van der Waals surface area contributed by atoms with Crippen LogP contribution in [0, 0.1) is 6.92 Å². The summed E-state index contributed by atoms with van der Waals surface area (Å²) in [5.41, 5.74) is 1.22. The van der Waals surface area contributed by atoms with Crippen molar-refractivity contribution in [3.8, 4) is 0 Å². The van der Waals surface area contributed by atoms with Crippen LogP contribution >= 0.6 is 0 Å². The van der Waals surface area contributed by atoms with E-state index in [4.69, 9.17) is 9.47 Å². The number of ether oxygens (including phenoxy) is 2. The van der Waals surface area contributed by atoms with Crippen molar-refractivity contribution in [1.82, 2.24) is 0 Å². The van der Waals surface area contributed by atoms with Crippen LogP contribution in [0.25, 0.3) is 0 Å². The van der Waals surface area contributed by atoms with Crippen molar-refractivity contribution >= 4 is 5.97 Å². The summed E-state index contributed by atoms with van der Waals surface area (Å²) in [5, 5.41) is 9.27. The lowest BCUT2D eigenvalue weighted by Crippen LogP contribution is -2.44. The van der Waals surface area contributed by atoms with E-state index in [9.17, 15) is 9.90 Å². The number of likely N-dealkylation sites (tertiary alicyclic amines) is 1. The lowest BCUT2D eigenvalue weighted by atomic mass is 9.85. The fraction of sp³-hybridized carbons (Fsp3) is 0.458. The third kappa shape index (κ3) is 4.86.